The monoisotopic (exact) mass is 310 g/mol. The van der Waals surface area contributed by atoms with Gasteiger partial charge in [-0.15, -0.1) is 0 Å². The van der Waals surface area contributed by atoms with E-state index in [0.29, 0.717) is 5.82 Å². The Hall–Kier alpha value is -3.58. The lowest BCUT2D eigenvalue weighted by Gasteiger charge is -2.03. The number of benzene rings is 1. The van der Waals surface area contributed by atoms with E-state index < -0.39 is 0 Å². The van der Waals surface area contributed by atoms with Crippen molar-refractivity contribution in [3.63, 3.8) is 0 Å². The molecule has 4 heteroatoms. The van der Waals surface area contributed by atoms with E-state index >= 15 is 0 Å². The Kier molecular flexibility index (Phi) is 3.45. The quantitative estimate of drug-likeness (QED) is 0.548. The molecule has 0 atom stereocenters. The standard InChI is InChI=1S/C20H14N4/c21-19-12-15(10-11-22-19)6-8-18-13-23-20-9-7-17(14-24(18)20)16-4-2-1-3-5-16/h1-5,7,9-14H,(H2,21,22). The Bertz CT molecular complexity index is 1070. The van der Waals surface area contributed by atoms with E-state index in [0.717, 1.165) is 28.0 Å². The molecular formula is C20H14N4. The number of rotatable bonds is 1. The van der Waals surface area contributed by atoms with Crippen molar-refractivity contribution in [1.82, 2.24) is 14.4 Å². The first kappa shape index (κ1) is 14.0. The second kappa shape index (κ2) is 5.90. The molecular weight excluding hydrogens is 296 g/mol. The van der Waals surface area contributed by atoms with Crippen LogP contribution in [0.4, 0.5) is 5.82 Å². The maximum Gasteiger partial charge on any atom is 0.137 e. The number of aromatic nitrogens is 3. The first-order chi connectivity index (χ1) is 11.8. The first-order valence-electron chi connectivity index (χ1n) is 7.56. The third kappa shape index (κ3) is 2.71. The van der Waals surface area contributed by atoms with Gasteiger partial charge in [0.15, 0.2) is 0 Å². The van der Waals surface area contributed by atoms with Gasteiger partial charge in [0.2, 0.25) is 0 Å². The summed E-state index contributed by atoms with van der Waals surface area (Å²) in [6.45, 7) is 0. The molecule has 0 spiro atoms. The van der Waals surface area contributed by atoms with Crippen molar-refractivity contribution in [2.75, 3.05) is 5.73 Å². The minimum atomic E-state index is 0.464. The number of hydrogen-bond donors (Lipinski definition) is 1. The van der Waals surface area contributed by atoms with Crippen LogP contribution < -0.4 is 5.73 Å². The van der Waals surface area contributed by atoms with Gasteiger partial charge in [0.05, 0.1) is 6.20 Å². The molecule has 0 aliphatic rings. The highest BCUT2D eigenvalue weighted by Gasteiger charge is 2.03. The van der Waals surface area contributed by atoms with Crippen LogP contribution >= 0.6 is 0 Å². The highest BCUT2D eigenvalue weighted by Crippen LogP contribution is 2.20. The summed E-state index contributed by atoms with van der Waals surface area (Å²) in [7, 11) is 0. The molecule has 0 unspecified atom stereocenters. The summed E-state index contributed by atoms with van der Waals surface area (Å²) in [6.07, 6.45) is 5.49. The number of pyridine rings is 2. The summed E-state index contributed by atoms with van der Waals surface area (Å²) in [6, 6.07) is 17.9. The average Bonchev–Trinajstić information content (AvgIpc) is 3.03. The van der Waals surface area contributed by atoms with Crippen LogP contribution in [-0.2, 0) is 0 Å². The van der Waals surface area contributed by atoms with Crippen molar-refractivity contribution in [2.24, 2.45) is 0 Å². The highest BCUT2D eigenvalue weighted by atomic mass is 15.0. The number of imidazole rings is 1. The second-order valence-electron chi connectivity index (χ2n) is 5.37. The van der Waals surface area contributed by atoms with Gasteiger partial charge in [-0.3, -0.25) is 4.40 Å². The van der Waals surface area contributed by atoms with Crippen molar-refractivity contribution in [2.45, 2.75) is 0 Å². The molecule has 0 amide bonds. The maximum atomic E-state index is 5.69. The molecule has 24 heavy (non-hydrogen) atoms. The molecule has 0 radical (unpaired) electrons. The molecule has 4 aromatic rings. The third-order valence-electron chi connectivity index (χ3n) is 3.73. The van der Waals surface area contributed by atoms with E-state index in [2.05, 4.69) is 46.2 Å². The van der Waals surface area contributed by atoms with E-state index in [4.69, 9.17) is 5.73 Å². The van der Waals surface area contributed by atoms with Crippen LogP contribution in [0.2, 0.25) is 0 Å². The molecule has 3 aromatic heterocycles. The Balaban J connectivity index is 1.77. The van der Waals surface area contributed by atoms with Crippen LogP contribution in [0.3, 0.4) is 0 Å². The molecule has 0 saturated heterocycles. The second-order valence-corrected chi connectivity index (χ2v) is 5.37. The number of nitrogens with two attached hydrogens (primary N) is 1. The van der Waals surface area contributed by atoms with Crippen molar-refractivity contribution < 1.29 is 0 Å². The fourth-order valence-corrected chi connectivity index (χ4v) is 2.54. The van der Waals surface area contributed by atoms with E-state index in [-0.39, 0.29) is 0 Å². The van der Waals surface area contributed by atoms with Gasteiger partial charge in [0.25, 0.3) is 0 Å². The Morgan fingerprint density at radius 2 is 1.75 bits per heavy atom. The van der Waals surface area contributed by atoms with Crippen LogP contribution in [-0.4, -0.2) is 14.4 Å². The van der Waals surface area contributed by atoms with Crippen LogP contribution in [0, 0.1) is 11.8 Å². The van der Waals surface area contributed by atoms with Gasteiger partial charge >= 0.3 is 0 Å². The summed E-state index contributed by atoms with van der Waals surface area (Å²) < 4.78 is 2.00. The van der Waals surface area contributed by atoms with Crippen molar-refractivity contribution in [3.05, 3.63) is 84.4 Å². The van der Waals surface area contributed by atoms with Gasteiger partial charge in [0, 0.05) is 18.0 Å². The normalized spacial score (nSPS) is 10.3. The number of hydrogen-bond acceptors (Lipinski definition) is 3. The molecule has 4 nitrogen and oxygen atoms in total. The van der Waals surface area contributed by atoms with E-state index in [1.807, 2.05) is 34.7 Å². The Morgan fingerprint density at radius 1 is 0.875 bits per heavy atom. The zero-order valence-corrected chi connectivity index (χ0v) is 12.8. The zero-order valence-electron chi connectivity index (χ0n) is 12.8. The Morgan fingerprint density at radius 3 is 2.58 bits per heavy atom. The number of nitrogen functional groups attached to an aromatic ring is 1. The Labute approximate surface area is 139 Å². The molecule has 0 aliphatic heterocycles. The zero-order chi connectivity index (χ0) is 16.4. The fourth-order valence-electron chi connectivity index (χ4n) is 2.54. The van der Waals surface area contributed by atoms with Crippen LogP contribution in [0.25, 0.3) is 16.8 Å². The molecule has 0 saturated carbocycles. The van der Waals surface area contributed by atoms with Gasteiger partial charge < -0.3 is 5.73 Å². The van der Waals surface area contributed by atoms with Crippen LogP contribution in [0.15, 0.2) is 73.2 Å². The lowest BCUT2D eigenvalue weighted by atomic mass is 10.1. The van der Waals surface area contributed by atoms with Gasteiger partial charge in [-0.05, 0) is 41.3 Å². The molecule has 2 N–H and O–H groups in total. The first-order valence-corrected chi connectivity index (χ1v) is 7.56. The minimum absolute atomic E-state index is 0.464. The largest absolute Gasteiger partial charge is 0.384 e. The minimum Gasteiger partial charge on any atom is -0.384 e. The molecule has 3 heterocycles. The van der Waals surface area contributed by atoms with Gasteiger partial charge in [-0.1, -0.05) is 36.3 Å². The van der Waals surface area contributed by atoms with E-state index in [1.165, 1.54) is 0 Å². The molecule has 114 valence electrons. The highest BCUT2D eigenvalue weighted by molar-refractivity contribution is 5.65. The summed E-state index contributed by atoms with van der Waals surface area (Å²) in [5, 5.41) is 0. The van der Waals surface area contributed by atoms with Crippen LogP contribution in [0.1, 0.15) is 11.3 Å². The third-order valence-corrected chi connectivity index (χ3v) is 3.73. The van der Waals surface area contributed by atoms with Crippen LogP contribution in [0.5, 0.6) is 0 Å². The predicted molar refractivity (Wildman–Crippen MR) is 95.3 cm³/mol. The van der Waals surface area contributed by atoms with Crippen molar-refractivity contribution >= 4 is 11.5 Å². The van der Waals surface area contributed by atoms with Gasteiger partial charge in [-0.2, -0.15) is 0 Å². The number of anilines is 1. The molecule has 1 aromatic carbocycles. The van der Waals surface area contributed by atoms with E-state index in [9.17, 15) is 0 Å². The summed E-state index contributed by atoms with van der Waals surface area (Å²) in [5.74, 6) is 6.73. The molecule has 4 rings (SSSR count). The maximum absolute atomic E-state index is 5.69. The summed E-state index contributed by atoms with van der Waals surface area (Å²) in [5.41, 5.74) is 10.5. The molecule has 0 fully saturated rings. The smallest absolute Gasteiger partial charge is 0.137 e. The number of fused-ring (bicyclic) bond motifs is 1. The van der Waals surface area contributed by atoms with Gasteiger partial charge in [-0.25, -0.2) is 9.97 Å². The molecule has 0 aliphatic carbocycles. The van der Waals surface area contributed by atoms with E-state index in [1.54, 1.807) is 18.5 Å². The van der Waals surface area contributed by atoms with Gasteiger partial charge in [0.1, 0.15) is 17.2 Å². The SMILES string of the molecule is Nc1cc(C#Cc2cnc3ccc(-c4ccccc4)cn23)ccn1. The fraction of sp³-hybridized carbons (Fsp3) is 0. The average molecular weight is 310 g/mol. The van der Waals surface area contributed by atoms with Crippen molar-refractivity contribution in [1.29, 1.82) is 0 Å². The lowest BCUT2D eigenvalue weighted by molar-refractivity contribution is 1.16. The summed E-state index contributed by atoms with van der Waals surface area (Å²) in [4.78, 5) is 8.38. The topological polar surface area (TPSA) is 56.2 Å². The summed E-state index contributed by atoms with van der Waals surface area (Å²) >= 11 is 0. The number of nitrogens with zero attached hydrogens (tertiary/aromatic N) is 3. The lowest BCUT2D eigenvalue weighted by Crippen LogP contribution is -1.91. The predicted octanol–water partition coefficient (Wildman–Crippen LogP) is 3.38. The molecule has 0 bridgehead atoms. The van der Waals surface area contributed by atoms with Crippen molar-refractivity contribution in [3.8, 4) is 23.0 Å².